The first-order valence-electron chi connectivity index (χ1n) is 7.53. The summed E-state index contributed by atoms with van der Waals surface area (Å²) in [5, 5.41) is 0.324. The van der Waals surface area contributed by atoms with Crippen LogP contribution >= 0.6 is 11.6 Å². The molecular weight excluding hydrogens is 290 g/mol. The fourth-order valence-corrected chi connectivity index (χ4v) is 3.29. The molecule has 5 nitrogen and oxygen atoms in total. The predicted octanol–water partition coefficient (Wildman–Crippen LogP) is 2.65. The fraction of sp³-hybridized carbons (Fsp3) is 0.667. The van der Waals surface area contributed by atoms with E-state index in [1.165, 1.54) is 6.20 Å². The summed E-state index contributed by atoms with van der Waals surface area (Å²) in [6.45, 7) is 5.20. The van der Waals surface area contributed by atoms with E-state index in [0.29, 0.717) is 29.7 Å². The van der Waals surface area contributed by atoms with Gasteiger partial charge in [-0.25, -0.2) is 9.97 Å². The van der Waals surface area contributed by atoms with Gasteiger partial charge in [0, 0.05) is 12.5 Å². The highest BCUT2D eigenvalue weighted by Crippen LogP contribution is 2.31. The van der Waals surface area contributed by atoms with E-state index in [4.69, 9.17) is 16.3 Å². The Hall–Kier alpha value is -1.20. The smallest absolute Gasteiger partial charge is 0.274 e. The number of hydrogen-bond acceptors (Lipinski definition) is 4. The second-order valence-electron chi connectivity index (χ2n) is 5.99. The first kappa shape index (κ1) is 14.7. The lowest BCUT2D eigenvalue weighted by atomic mass is 10.1. The van der Waals surface area contributed by atoms with E-state index in [2.05, 4.69) is 9.97 Å². The zero-order valence-corrected chi connectivity index (χ0v) is 13.1. The molecule has 2 atom stereocenters. The van der Waals surface area contributed by atoms with Crippen LogP contribution in [0.1, 0.15) is 55.3 Å². The molecule has 2 fully saturated rings. The Labute approximate surface area is 129 Å². The van der Waals surface area contributed by atoms with Gasteiger partial charge in [-0.05, 0) is 19.3 Å². The number of fused-ring (bicyclic) bond motifs is 1. The van der Waals surface area contributed by atoms with Crippen molar-refractivity contribution in [2.24, 2.45) is 0 Å². The summed E-state index contributed by atoms with van der Waals surface area (Å²) < 4.78 is 5.75. The standard InChI is InChI=1S/C15H20ClN3O2/c1-9(2)14-17-8-10(16)13(18-14)15(20)19-6-7-21-12-5-3-4-11(12)19/h8-9,11-12H,3-7H2,1-2H3/t11-,12+/m0/s1. The number of carbonyl (C=O) groups is 1. The molecule has 0 bridgehead atoms. The number of hydrogen-bond donors (Lipinski definition) is 0. The summed E-state index contributed by atoms with van der Waals surface area (Å²) in [4.78, 5) is 23.3. The highest BCUT2D eigenvalue weighted by atomic mass is 35.5. The van der Waals surface area contributed by atoms with Gasteiger partial charge in [0.2, 0.25) is 0 Å². The van der Waals surface area contributed by atoms with Gasteiger partial charge in [-0.15, -0.1) is 0 Å². The van der Waals surface area contributed by atoms with Crippen LogP contribution in [0.2, 0.25) is 5.02 Å². The van der Waals surface area contributed by atoms with E-state index < -0.39 is 0 Å². The van der Waals surface area contributed by atoms with E-state index in [0.717, 1.165) is 19.3 Å². The van der Waals surface area contributed by atoms with Gasteiger partial charge < -0.3 is 9.64 Å². The summed E-state index contributed by atoms with van der Waals surface area (Å²) >= 11 is 6.15. The van der Waals surface area contributed by atoms with Crippen LogP contribution in [0.15, 0.2) is 6.20 Å². The third-order valence-electron chi connectivity index (χ3n) is 4.22. The zero-order chi connectivity index (χ0) is 15.0. The Morgan fingerprint density at radius 1 is 1.48 bits per heavy atom. The topological polar surface area (TPSA) is 55.3 Å². The number of morpholine rings is 1. The van der Waals surface area contributed by atoms with Gasteiger partial charge in [0.1, 0.15) is 5.82 Å². The van der Waals surface area contributed by atoms with Gasteiger partial charge >= 0.3 is 0 Å². The van der Waals surface area contributed by atoms with Crippen molar-refractivity contribution in [3.63, 3.8) is 0 Å². The minimum atomic E-state index is -0.0931. The van der Waals surface area contributed by atoms with E-state index in [-0.39, 0.29) is 24.0 Å². The average molecular weight is 310 g/mol. The first-order valence-corrected chi connectivity index (χ1v) is 7.90. The molecule has 1 saturated heterocycles. The number of nitrogens with zero attached hydrogens (tertiary/aromatic N) is 3. The quantitative estimate of drug-likeness (QED) is 0.843. The van der Waals surface area contributed by atoms with Gasteiger partial charge in [0.15, 0.2) is 5.69 Å². The van der Waals surface area contributed by atoms with Crippen molar-refractivity contribution >= 4 is 17.5 Å². The SMILES string of the molecule is CC(C)c1ncc(Cl)c(C(=O)N2CCO[C@@H]3CCC[C@@H]32)n1. The van der Waals surface area contributed by atoms with Crippen molar-refractivity contribution in [3.05, 3.63) is 22.7 Å². The Morgan fingerprint density at radius 3 is 3.05 bits per heavy atom. The van der Waals surface area contributed by atoms with Gasteiger partial charge in [0.25, 0.3) is 5.91 Å². The molecule has 1 amide bonds. The van der Waals surface area contributed by atoms with E-state index in [9.17, 15) is 4.79 Å². The van der Waals surface area contributed by atoms with Crippen LogP contribution in [0.25, 0.3) is 0 Å². The number of aromatic nitrogens is 2. The largest absolute Gasteiger partial charge is 0.374 e. The number of amides is 1. The number of halogens is 1. The average Bonchev–Trinajstić information content (AvgIpc) is 2.95. The number of ether oxygens (including phenoxy) is 1. The molecule has 21 heavy (non-hydrogen) atoms. The maximum absolute atomic E-state index is 12.8. The van der Waals surface area contributed by atoms with Crippen LogP contribution in [0.5, 0.6) is 0 Å². The molecule has 1 aliphatic carbocycles. The monoisotopic (exact) mass is 309 g/mol. The minimum Gasteiger partial charge on any atom is -0.374 e. The van der Waals surface area contributed by atoms with Crippen LogP contribution in [0.4, 0.5) is 0 Å². The normalized spacial score (nSPS) is 25.2. The molecular formula is C15H20ClN3O2. The summed E-state index contributed by atoms with van der Waals surface area (Å²) in [5.74, 6) is 0.723. The Balaban J connectivity index is 1.89. The molecule has 2 aliphatic rings. The molecule has 114 valence electrons. The molecule has 0 aromatic carbocycles. The van der Waals surface area contributed by atoms with Crippen molar-refractivity contribution in [2.75, 3.05) is 13.2 Å². The highest BCUT2D eigenvalue weighted by molar-refractivity contribution is 6.33. The minimum absolute atomic E-state index is 0.0931. The van der Waals surface area contributed by atoms with Crippen molar-refractivity contribution in [3.8, 4) is 0 Å². The third kappa shape index (κ3) is 2.77. The van der Waals surface area contributed by atoms with Crippen LogP contribution in [-0.2, 0) is 4.74 Å². The summed E-state index contributed by atoms with van der Waals surface area (Å²) in [5.41, 5.74) is 0.322. The number of carbonyl (C=O) groups excluding carboxylic acids is 1. The molecule has 2 heterocycles. The zero-order valence-electron chi connectivity index (χ0n) is 12.4. The Bertz CT molecular complexity index is 550. The second-order valence-corrected chi connectivity index (χ2v) is 6.39. The van der Waals surface area contributed by atoms with Gasteiger partial charge in [-0.1, -0.05) is 25.4 Å². The first-order chi connectivity index (χ1) is 10.1. The maximum atomic E-state index is 12.8. The fourth-order valence-electron chi connectivity index (χ4n) is 3.12. The number of rotatable bonds is 2. The lowest BCUT2D eigenvalue weighted by Gasteiger charge is -2.37. The summed E-state index contributed by atoms with van der Waals surface area (Å²) in [6, 6.07) is 0.166. The summed E-state index contributed by atoms with van der Waals surface area (Å²) in [7, 11) is 0. The molecule has 0 N–H and O–H groups in total. The molecule has 3 rings (SSSR count). The summed E-state index contributed by atoms with van der Waals surface area (Å²) in [6.07, 6.45) is 4.84. The van der Waals surface area contributed by atoms with Crippen LogP contribution in [0, 0.1) is 0 Å². The highest BCUT2D eigenvalue weighted by Gasteiger charge is 2.39. The van der Waals surface area contributed by atoms with Crippen molar-refractivity contribution < 1.29 is 9.53 Å². The van der Waals surface area contributed by atoms with Gasteiger partial charge in [-0.3, -0.25) is 4.79 Å². The molecule has 1 saturated carbocycles. The van der Waals surface area contributed by atoms with Crippen molar-refractivity contribution in [1.29, 1.82) is 0 Å². The van der Waals surface area contributed by atoms with Crippen molar-refractivity contribution in [1.82, 2.24) is 14.9 Å². The Kier molecular flexibility index (Phi) is 4.13. The lowest BCUT2D eigenvalue weighted by Crippen LogP contribution is -2.51. The molecule has 6 heteroatoms. The van der Waals surface area contributed by atoms with Crippen LogP contribution in [-0.4, -0.2) is 46.1 Å². The van der Waals surface area contributed by atoms with E-state index in [1.54, 1.807) is 0 Å². The molecule has 0 spiro atoms. The maximum Gasteiger partial charge on any atom is 0.274 e. The molecule has 0 radical (unpaired) electrons. The third-order valence-corrected chi connectivity index (χ3v) is 4.50. The van der Waals surface area contributed by atoms with E-state index >= 15 is 0 Å². The van der Waals surface area contributed by atoms with Gasteiger partial charge in [0.05, 0.1) is 30.0 Å². The van der Waals surface area contributed by atoms with E-state index in [1.807, 2.05) is 18.7 Å². The lowest BCUT2D eigenvalue weighted by molar-refractivity contribution is -0.0447. The van der Waals surface area contributed by atoms with Crippen LogP contribution in [0.3, 0.4) is 0 Å². The van der Waals surface area contributed by atoms with Crippen molar-refractivity contribution in [2.45, 2.75) is 51.2 Å². The Morgan fingerprint density at radius 2 is 2.29 bits per heavy atom. The molecule has 1 aliphatic heterocycles. The van der Waals surface area contributed by atoms with Gasteiger partial charge in [-0.2, -0.15) is 0 Å². The van der Waals surface area contributed by atoms with Crippen LogP contribution < -0.4 is 0 Å². The molecule has 0 unspecified atom stereocenters. The molecule has 1 aromatic heterocycles. The molecule has 1 aromatic rings. The predicted molar refractivity (Wildman–Crippen MR) is 79.5 cm³/mol. The second kappa shape index (κ2) is 5.89.